The maximum atomic E-state index is 11.9. The number of hydrogen-bond acceptors (Lipinski definition) is 6. The fourth-order valence-electron chi connectivity index (χ4n) is 2.25. The zero-order valence-electron chi connectivity index (χ0n) is 16.5. The molecular formula is C19H31NO7. The van der Waals surface area contributed by atoms with E-state index in [1.54, 1.807) is 0 Å². The molecule has 1 amide bonds. The minimum absolute atomic E-state index is 0.122. The fraction of sp³-hybridized carbons (Fsp3) is 0.684. The minimum atomic E-state index is -1.18. The van der Waals surface area contributed by atoms with Crippen molar-refractivity contribution in [2.24, 2.45) is 0 Å². The van der Waals surface area contributed by atoms with Crippen molar-refractivity contribution in [3.05, 3.63) is 12.2 Å². The minimum Gasteiger partial charge on any atom is -0.480 e. The van der Waals surface area contributed by atoms with Gasteiger partial charge in [-0.15, -0.1) is 0 Å². The van der Waals surface area contributed by atoms with Crippen LogP contribution in [0.2, 0.25) is 0 Å². The van der Waals surface area contributed by atoms with Gasteiger partial charge in [0.05, 0.1) is 13.0 Å². The van der Waals surface area contributed by atoms with Crippen LogP contribution in [0.4, 0.5) is 0 Å². The topological polar surface area (TPSA) is 110 Å². The number of aliphatic carboxylic acids is 1. The summed E-state index contributed by atoms with van der Waals surface area (Å²) >= 11 is 0. The lowest BCUT2D eigenvalue weighted by molar-refractivity contribution is -0.157. The quantitative estimate of drug-likeness (QED) is 0.277. The van der Waals surface area contributed by atoms with Crippen molar-refractivity contribution in [2.45, 2.75) is 64.9 Å². The molecule has 1 N–H and O–H groups in total. The molecule has 0 aromatic carbocycles. The molecule has 8 nitrogen and oxygen atoms in total. The second-order valence-electron chi connectivity index (χ2n) is 6.40. The molecule has 0 rings (SSSR count). The lowest BCUT2D eigenvalue weighted by Crippen LogP contribution is -2.40. The summed E-state index contributed by atoms with van der Waals surface area (Å²) in [5.74, 6) is -3.31. The highest BCUT2D eigenvalue weighted by Crippen LogP contribution is 2.09. The normalized spacial score (nSPS) is 11.4. The van der Waals surface area contributed by atoms with Gasteiger partial charge >= 0.3 is 17.9 Å². The van der Waals surface area contributed by atoms with Gasteiger partial charge in [0.25, 0.3) is 5.91 Å². The molecule has 0 aliphatic heterocycles. The Labute approximate surface area is 160 Å². The monoisotopic (exact) mass is 385 g/mol. The van der Waals surface area contributed by atoms with E-state index in [1.165, 1.54) is 33.2 Å². The summed E-state index contributed by atoms with van der Waals surface area (Å²) < 4.78 is 9.98. The molecule has 1 unspecified atom stereocenters. The number of ether oxygens (including phenoxy) is 2. The second kappa shape index (κ2) is 13.8. The number of nitrogens with zero attached hydrogens (tertiary/aromatic N) is 1. The number of amides is 1. The zero-order chi connectivity index (χ0) is 20.8. The molecule has 0 spiro atoms. The third-order valence-corrected chi connectivity index (χ3v) is 3.79. The number of hydrogen-bond donors (Lipinski definition) is 1. The number of carbonyl (C=O) groups excluding carboxylic acids is 3. The van der Waals surface area contributed by atoms with Crippen molar-refractivity contribution >= 4 is 23.8 Å². The van der Waals surface area contributed by atoms with Gasteiger partial charge in [-0.1, -0.05) is 45.6 Å². The Morgan fingerprint density at radius 2 is 1.67 bits per heavy atom. The molecule has 0 fully saturated rings. The maximum absolute atomic E-state index is 11.9. The van der Waals surface area contributed by atoms with Crippen LogP contribution in [0.25, 0.3) is 0 Å². The van der Waals surface area contributed by atoms with Crippen LogP contribution in [-0.2, 0) is 28.7 Å². The smallest absolute Gasteiger partial charge is 0.334 e. The summed E-state index contributed by atoms with van der Waals surface area (Å²) in [7, 11) is 1.29. The summed E-state index contributed by atoms with van der Waals surface area (Å²) in [5, 5.41) is 8.66. The van der Waals surface area contributed by atoms with Crippen molar-refractivity contribution in [1.29, 1.82) is 0 Å². The largest absolute Gasteiger partial charge is 0.480 e. The van der Waals surface area contributed by atoms with Gasteiger partial charge in [0.1, 0.15) is 6.54 Å². The number of rotatable bonds is 14. The standard InChI is InChI=1S/C19H31NO7/c1-5-6-7-8-9-10-11-26-17(23)12-14(2)19(25)27-15(3)18(24)20(4)13-16(21)22/h15H,2,5-13H2,1,3-4H3,(H,21,22). The first-order chi connectivity index (χ1) is 12.7. The summed E-state index contributed by atoms with van der Waals surface area (Å²) in [6, 6.07) is 0. The first kappa shape index (κ1) is 24.6. The molecule has 0 heterocycles. The maximum Gasteiger partial charge on any atom is 0.334 e. The third kappa shape index (κ3) is 11.8. The van der Waals surface area contributed by atoms with Gasteiger partial charge in [0.15, 0.2) is 6.10 Å². The van der Waals surface area contributed by atoms with Crippen LogP contribution in [0.15, 0.2) is 12.2 Å². The average molecular weight is 385 g/mol. The highest BCUT2D eigenvalue weighted by Gasteiger charge is 2.24. The predicted octanol–water partition coefficient (Wildman–Crippen LogP) is 2.31. The van der Waals surface area contributed by atoms with Gasteiger partial charge in [-0.3, -0.25) is 14.4 Å². The molecule has 0 aliphatic rings. The fourth-order valence-corrected chi connectivity index (χ4v) is 2.25. The molecule has 8 heteroatoms. The Morgan fingerprint density at radius 3 is 2.26 bits per heavy atom. The van der Waals surface area contributed by atoms with E-state index in [4.69, 9.17) is 14.6 Å². The van der Waals surface area contributed by atoms with Crippen LogP contribution in [-0.4, -0.2) is 60.1 Å². The molecule has 27 heavy (non-hydrogen) atoms. The Morgan fingerprint density at radius 1 is 1.07 bits per heavy atom. The molecule has 0 aliphatic carbocycles. The molecule has 1 atom stereocenters. The van der Waals surface area contributed by atoms with E-state index < -0.39 is 36.5 Å². The van der Waals surface area contributed by atoms with Gasteiger partial charge in [0, 0.05) is 12.6 Å². The zero-order valence-corrected chi connectivity index (χ0v) is 16.5. The third-order valence-electron chi connectivity index (χ3n) is 3.79. The van der Waals surface area contributed by atoms with Gasteiger partial charge in [-0.05, 0) is 13.3 Å². The van der Waals surface area contributed by atoms with Crippen LogP contribution >= 0.6 is 0 Å². The molecular weight excluding hydrogens is 354 g/mol. The highest BCUT2D eigenvalue weighted by molar-refractivity contribution is 5.95. The molecule has 0 saturated carbocycles. The van der Waals surface area contributed by atoms with E-state index >= 15 is 0 Å². The van der Waals surface area contributed by atoms with E-state index in [2.05, 4.69) is 13.5 Å². The SMILES string of the molecule is C=C(CC(=O)OCCCCCCCC)C(=O)OC(C)C(=O)N(C)CC(=O)O. The van der Waals surface area contributed by atoms with E-state index in [0.717, 1.165) is 24.2 Å². The van der Waals surface area contributed by atoms with Crippen molar-refractivity contribution in [3.8, 4) is 0 Å². The number of carboxylic acids is 1. The van der Waals surface area contributed by atoms with Crippen LogP contribution in [0.3, 0.4) is 0 Å². The molecule has 154 valence electrons. The summed E-state index contributed by atoms with van der Waals surface area (Å²) in [5.41, 5.74) is -0.122. The molecule has 0 bridgehead atoms. The Kier molecular flexibility index (Phi) is 12.6. The molecule has 0 saturated heterocycles. The van der Waals surface area contributed by atoms with Crippen molar-refractivity contribution in [3.63, 3.8) is 0 Å². The van der Waals surface area contributed by atoms with E-state index in [-0.39, 0.29) is 12.0 Å². The van der Waals surface area contributed by atoms with Crippen LogP contribution in [0.1, 0.15) is 58.8 Å². The molecule has 0 aromatic rings. The van der Waals surface area contributed by atoms with Gasteiger partial charge < -0.3 is 19.5 Å². The van der Waals surface area contributed by atoms with Gasteiger partial charge in [-0.25, -0.2) is 4.79 Å². The van der Waals surface area contributed by atoms with Crippen molar-refractivity contribution < 1.29 is 33.8 Å². The number of likely N-dealkylation sites (N-methyl/N-ethyl adjacent to an activating group) is 1. The molecule has 0 radical (unpaired) electrons. The van der Waals surface area contributed by atoms with Crippen LogP contribution in [0, 0.1) is 0 Å². The van der Waals surface area contributed by atoms with E-state index in [1.807, 2.05) is 0 Å². The first-order valence-electron chi connectivity index (χ1n) is 9.20. The average Bonchev–Trinajstić information content (AvgIpc) is 2.59. The first-order valence-corrected chi connectivity index (χ1v) is 9.20. The van der Waals surface area contributed by atoms with Gasteiger partial charge in [0.2, 0.25) is 0 Å². The number of esters is 2. The Balaban J connectivity index is 4.12. The number of unbranched alkanes of at least 4 members (excludes halogenated alkanes) is 5. The van der Waals surface area contributed by atoms with Crippen LogP contribution in [0.5, 0.6) is 0 Å². The van der Waals surface area contributed by atoms with Crippen molar-refractivity contribution in [2.75, 3.05) is 20.2 Å². The summed E-state index contributed by atoms with van der Waals surface area (Å²) in [4.78, 5) is 47.0. The molecule has 0 aromatic heterocycles. The Bertz CT molecular complexity index is 530. The van der Waals surface area contributed by atoms with E-state index in [0.29, 0.717) is 6.61 Å². The lowest BCUT2D eigenvalue weighted by Gasteiger charge is -2.20. The number of carbonyl (C=O) groups is 4. The number of carboxylic acid groups (broad SMARTS) is 1. The highest BCUT2D eigenvalue weighted by atomic mass is 16.6. The predicted molar refractivity (Wildman–Crippen MR) is 98.9 cm³/mol. The lowest BCUT2D eigenvalue weighted by atomic mass is 10.1. The second-order valence-corrected chi connectivity index (χ2v) is 6.40. The summed E-state index contributed by atoms with van der Waals surface area (Å²) in [6.45, 7) is 6.74. The Hall–Kier alpha value is -2.38. The van der Waals surface area contributed by atoms with E-state index in [9.17, 15) is 19.2 Å². The van der Waals surface area contributed by atoms with Crippen molar-refractivity contribution in [1.82, 2.24) is 4.90 Å². The van der Waals surface area contributed by atoms with Gasteiger partial charge in [-0.2, -0.15) is 0 Å². The summed E-state index contributed by atoms with van der Waals surface area (Å²) in [6.07, 6.45) is 4.91. The van der Waals surface area contributed by atoms with Crippen LogP contribution < -0.4 is 0 Å².